The first-order valence-corrected chi connectivity index (χ1v) is 5.70. The van der Waals surface area contributed by atoms with Crippen LogP contribution < -0.4 is 4.74 Å². The predicted octanol–water partition coefficient (Wildman–Crippen LogP) is 3.60. The van der Waals surface area contributed by atoms with Crippen LogP contribution in [0.2, 0.25) is 0 Å². The Morgan fingerprint density at radius 2 is 1.87 bits per heavy atom. The van der Waals surface area contributed by atoms with Gasteiger partial charge >= 0.3 is 0 Å². The molecule has 2 unspecified atom stereocenters. The molecule has 0 radical (unpaired) electrons. The summed E-state index contributed by atoms with van der Waals surface area (Å²) in [5, 5.41) is 0.0982. The smallest absolute Gasteiger partial charge is 0.138 e. The van der Waals surface area contributed by atoms with Crippen LogP contribution in [0.1, 0.15) is 39.2 Å². The van der Waals surface area contributed by atoms with E-state index in [1.54, 1.807) is 6.20 Å². The Morgan fingerprint density at radius 3 is 2.40 bits per heavy atom. The average molecular weight is 228 g/mol. The Bertz CT molecular complexity index is 312. The second kappa shape index (κ2) is 5.36. The third kappa shape index (κ3) is 3.71. The van der Waals surface area contributed by atoms with E-state index in [0.717, 1.165) is 11.3 Å². The van der Waals surface area contributed by atoms with E-state index in [-0.39, 0.29) is 17.4 Å². The van der Waals surface area contributed by atoms with Gasteiger partial charge in [-0.15, -0.1) is 11.6 Å². The molecule has 2 atom stereocenters. The minimum absolute atomic E-state index is 0.0982. The number of rotatable bonds is 4. The normalized spacial score (nSPS) is 15.1. The first kappa shape index (κ1) is 12.3. The third-order valence-electron chi connectivity index (χ3n) is 2.32. The molecule has 0 fully saturated rings. The minimum Gasteiger partial charge on any atom is -0.489 e. The highest BCUT2D eigenvalue weighted by Crippen LogP contribution is 2.25. The number of hydrogen-bond donors (Lipinski definition) is 0. The van der Waals surface area contributed by atoms with Crippen LogP contribution in [0.4, 0.5) is 0 Å². The van der Waals surface area contributed by atoms with Crippen molar-refractivity contribution in [3.63, 3.8) is 0 Å². The highest BCUT2D eigenvalue weighted by atomic mass is 35.5. The third-order valence-corrected chi connectivity index (χ3v) is 2.70. The van der Waals surface area contributed by atoms with Gasteiger partial charge in [0.1, 0.15) is 5.75 Å². The lowest BCUT2D eigenvalue weighted by atomic mass is 10.0. The summed E-state index contributed by atoms with van der Waals surface area (Å²) >= 11 is 6.05. The molecular formula is C12H18ClNO. The first-order chi connectivity index (χ1) is 7.00. The minimum atomic E-state index is 0.0982. The van der Waals surface area contributed by atoms with Crippen molar-refractivity contribution in [2.75, 3.05) is 0 Å². The SMILES string of the molecule is CC(C)Oc1cncc(C(C)C(C)Cl)c1. The van der Waals surface area contributed by atoms with E-state index >= 15 is 0 Å². The Hall–Kier alpha value is -0.760. The molecule has 2 nitrogen and oxygen atoms in total. The lowest BCUT2D eigenvalue weighted by Gasteiger charge is -2.15. The maximum absolute atomic E-state index is 6.05. The molecule has 1 heterocycles. The standard InChI is InChI=1S/C12H18ClNO/c1-8(2)15-12-5-11(6-14-7-12)9(3)10(4)13/h5-10H,1-4H3. The van der Waals surface area contributed by atoms with Gasteiger partial charge in [-0.3, -0.25) is 4.98 Å². The maximum Gasteiger partial charge on any atom is 0.138 e. The molecule has 0 saturated carbocycles. The van der Waals surface area contributed by atoms with Crippen LogP contribution in [-0.4, -0.2) is 16.5 Å². The molecule has 15 heavy (non-hydrogen) atoms. The van der Waals surface area contributed by atoms with Crippen molar-refractivity contribution < 1.29 is 4.74 Å². The highest BCUT2D eigenvalue weighted by Gasteiger charge is 2.12. The van der Waals surface area contributed by atoms with Gasteiger partial charge in [-0.1, -0.05) is 6.92 Å². The molecule has 1 rings (SSSR count). The fraction of sp³-hybridized carbons (Fsp3) is 0.583. The van der Waals surface area contributed by atoms with E-state index in [9.17, 15) is 0 Å². The zero-order valence-electron chi connectivity index (χ0n) is 9.70. The second-order valence-corrected chi connectivity index (χ2v) is 4.78. The molecule has 0 aromatic carbocycles. The van der Waals surface area contributed by atoms with Gasteiger partial charge in [-0.25, -0.2) is 0 Å². The number of alkyl halides is 1. The summed E-state index contributed by atoms with van der Waals surface area (Å²) in [7, 11) is 0. The summed E-state index contributed by atoms with van der Waals surface area (Å²) < 4.78 is 5.58. The topological polar surface area (TPSA) is 22.1 Å². The molecule has 1 aromatic heterocycles. The molecule has 0 saturated heterocycles. The van der Waals surface area contributed by atoms with E-state index in [1.165, 1.54) is 0 Å². The molecule has 0 aliphatic rings. The molecule has 0 spiro atoms. The van der Waals surface area contributed by atoms with Gasteiger partial charge in [-0.05, 0) is 38.3 Å². The van der Waals surface area contributed by atoms with Crippen molar-refractivity contribution in [1.82, 2.24) is 4.98 Å². The van der Waals surface area contributed by atoms with Crippen molar-refractivity contribution in [2.24, 2.45) is 0 Å². The van der Waals surface area contributed by atoms with E-state index in [1.807, 2.05) is 33.0 Å². The number of halogens is 1. The quantitative estimate of drug-likeness (QED) is 0.734. The summed E-state index contributed by atoms with van der Waals surface area (Å²) in [5.41, 5.74) is 1.12. The molecule has 0 N–H and O–H groups in total. The Balaban J connectivity index is 2.82. The van der Waals surface area contributed by atoms with Gasteiger partial charge in [-0.2, -0.15) is 0 Å². The van der Waals surface area contributed by atoms with Crippen LogP contribution in [-0.2, 0) is 0 Å². The summed E-state index contributed by atoms with van der Waals surface area (Å²) in [6.07, 6.45) is 3.75. The zero-order chi connectivity index (χ0) is 11.4. The molecule has 0 aliphatic carbocycles. The van der Waals surface area contributed by atoms with E-state index in [2.05, 4.69) is 11.9 Å². The average Bonchev–Trinajstić information content (AvgIpc) is 2.16. The maximum atomic E-state index is 6.05. The number of ether oxygens (including phenoxy) is 1. The van der Waals surface area contributed by atoms with Crippen LogP contribution in [0.3, 0.4) is 0 Å². The largest absolute Gasteiger partial charge is 0.489 e. The van der Waals surface area contributed by atoms with E-state index in [4.69, 9.17) is 16.3 Å². The van der Waals surface area contributed by atoms with Crippen molar-refractivity contribution in [3.8, 4) is 5.75 Å². The molecule has 1 aromatic rings. The molecule has 0 bridgehead atoms. The van der Waals surface area contributed by atoms with Crippen LogP contribution >= 0.6 is 11.6 Å². The van der Waals surface area contributed by atoms with Crippen LogP contribution in [0.25, 0.3) is 0 Å². The summed E-state index contributed by atoms with van der Waals surface area (Å²) in [6, 6.07) is 2.01. The van der Waals surface area contributed by atoms with Crippen LogP contribution in [0, 0.1) is 0 Å². The van der Waals surface area contributed by atoms with Gasteiger partial charge in [0.2, 0.25) is 0 Å². The van der Waals surface area contributed by atoms with Crippen molar-refractivity contribution in [2.45, 2.75) is 45.1 Å². The lowest BCUT2D eigenvalue weighted by Crippen LogP contribution is -2.08. The summed E-state index contributed by atoms with van der Waals surface area (Å²) in [4.78, 5) is 4.16. The van der Waals surface area contributed by atoms with Crippen molar-refractivity contribution in [3.05, 3.63) is 24.0 Å². The number of nitrogens with zero attached hydrogens (tertiary/aromatic N) is 1. The van der Waals surface area contributed by atoms with Gasteiger partial charge < -0.3 is 4.74 Å². The number of aromatic nitrogens is 1. The highest BCUT2D eigenvalue weighted by molar-refractivity contribution is 6.20. The van der Waals surface area contributed by atoms with E-state index in [0.29, 0.717) is 0 Å². The Labute approximate surface area is 96.6 Å². The van der Waals surface area contributed by atoms with E-state index < -0.39 is 0 Å². The summed E-state index contributed by atoms with van der Waals surface area (Å²) in [5.74, 6) is 1.10. The van der Waals surface area contributed by atoms with Gasteiger partial charge in [0.05, 0.1) is 12.3 Å². The predicted molar refractivity (Wildman–Crippen MR) is 63.7 cm³/mol. The Morgan fingerprint density at radius 1 is 1.20 bits per heavy atom. The Kier molecular flexibility index (Phi) is 4.40. The fourth-order valence-corrected chi connectivity index (χ4v) is 1.43. The van der Waals surface area contributed by atoms with Crippen molar-refractivity contribution >= 4 is 11.6 Å². The molecule has 84 valence electrons. The summed E-state index contributed by atoms with van der Waals surface area (Å²) in [6.45, 7) is 8.08. The number of hydrogen-bond acceptors (Lipinski definition) is 2. The molecule has 0 amide bonds. The molecular weight excluding hydrogens is 210 g/mol. The zero-order valence-corrected chi connectivity index (χ0v) is 10.5. The van der Waals surface area contributed by atoms with Crippen molar-refractivity contribution in [1.29, 1.82) is 0 Å². The van der Waals surface area contributed by atoms with Gasteiger partial charge in [0.25, 0.3) is 0 Å². The van der Waals surface area contributed by atoms with Gasteiger partial charge in [0.15, 0.2) is 0 Å². The fourth-order valence-electron chi connectivity index (χ4n) is 1.29. The molecule has 0 aliphatic heterocycles. The van der Waals surface area contributed by atoms with Crippen LogP contribution in [0.15, 0.2) is 18.5 Å². The second-order valence-electron chi connectivity index (χ2n) is 4.09. The lowest BCUT2D eigenvalue weighted by molar-refractivity contribution is 0.241. The number of pyridine rings is 1. The van der Waals surface area contributed by atoms with Crippen LogP contribution in [0.5, 0.6) is 5.75 Å². The first-order valence-electron chi connectivity index (χ1n) is 5.26. The molecule has 3 heteroatoms. The monoisotopic (exact) mass is 227 g/mol. The van der Waals surface area contributed by atoms with Gasteiger partial charge in [0, 0.05) is 11.6 Å².